The maximum Gasteiger partial charge on any atom is 0.0541 e. The quantitative estimate of drug-likeness (QED) is 0.151. The van der Waals surface area contributed by atoms with Crippen LogP contribution in [-0.2, 0) is 0 Å². The van der Waals surface area contributed by atoms with Gasteiger partial charge in [0.25, 0.3) is 0 Å². The lowest BCUT2D eigenvalue weighted by Gasteiger charge is -2.15. The summed E-state index contributed by atoms with van der Waals surface area (Å²) in [4.78, 5) is 0. The number of benzene rings is 12. The van der Waals surface area contributed by atoms with Gasteiger partial charge < -0.3 is 9.13 Å². The number of aromatic nitrogens is 2. The minimum Gasteiger partial charge on any atom is -0.309 e. The highest BCUT2D eigenvalue weighted by molar-refractivity contribution is 6.12. The van der Waals surface area contributed by atoms with Crippen LogP contribution < -0.4 is 0 Å². The second-order valence-corrected chi connectivity index (χ2v) is 18.5. The molecule has 0 saturated carbocycles. The third-order valence-corrected chi connectivity index (χ3v) is 14.4. The molecule has 2 aromatic heterocycles. The highest BCUT2D eigenvalue weighted by atomic mass is 15.0. The van der Waals surface area contributed by atoms with Crippen molar-refractivity contribution in [3.63, 3.8) is 0 Å². The fourth-order valence-corrected chi connectivity index (χ4v) is 11.1. The lowest BCUT2D eigenvalue weighted by atomic mass is 9.92. The predicted molar refractivity (Wildman–Crippen MR) is 297 cm³/mol. The van der Waals surface area contributed by atoms with Crippen molar-refractivity contribution in [3.8, 4) is 67.0 Å². The number of rotatable bonds is 7. The van der Waals surface area contributed by atoms with Gasteiger partial charge in [0.15, 0.2) is 0 Å². The summed E-state index contributed by atoms with van der Waals surface area (Å²) in [6, 6.07) is 98.2. The van der Waals surface area contributed by atoms with Crippen molar-refractivity contribution in [1.29, 1.82) is 0 Å². The summed E-state index contributed by atoms with van der Waals surface area (Å²) in [5.74, 6) is 0. The molecule has 0 spiro atoms. The molecule has 0 N–H and O–H groups in total. The smallest absolute Gasteiger partial charge is 0.0541 e. The van der Waals surface area contributed by atoms with E-state index in [1.54, 1.807) is 0 Å². The summed E-state index contributed by atoms with van der Waals surface area (Å²) in [6.07, 6.45) is 0. The number of hydrogen-bond donors (Lipinski definition) is 0. The van der Waals surface area contributed by atoms with Crippen molar-refractivity contribution in [2.75, 3.05) is 0 Å². The second-order valence-electron chi connectivity index (χ2n) is 18.5. The molecule has 0 aliphatic rings. The third-order valence-electron chi connectivity index (χ3n) is 14.4. The van der Waals surface area contributed by atoms with Crippen LogP contribution in [0.25, 0.3) is 132 Å². The zero-order chi connectivity index (χ0) is 46.1. The second kappa shape index (κ2) is 16.2. The molecule has 0 atom stereocenters. The van der Waals surface area contributed by atoms with E-state index in [9.17, 15) is 0 Å². The Morgan fingerprint density at radius 1 is 0.186 bits per heavy atom. The Labute approximate surface area is 406 Å². The van der Waals surface area contributed by atoms with E-state index in [1.165, 1.54) is 126 Å². The Balaban J connectivity index is 0.892. The molecule has 0 saturated heterocycles. The van der Waals surface area contributed by atoms with Crippen LogP contribution >= 0.6 is 0 Å². The van der Waals surface area contributed by atoms with E-state index in [4.69, 9.17) is 0 Å². The van der Waals surface area contributed by atoms with Crippen LogP contribution in [0, 0.1) is 0 Å². The molecule has 0 aliphatic carbocycles. The SMILES string of the molecule is c1ccc(-n2c3ccccc3c3cc(-c4cccc(-c5ccccc5-c5ccc6c(c5)c5ccccc5n6-c5cc(-c6ccc7ccccc7c6)cc(-c6ccc7ccccc7c6)c5)c4)ccc32)cc1. The van der Waals surface area contributed by atoms with Gasteiger partial charge in [-0.15, -0.1) is 0 Å². The molecule has 2 nitrogen and oxygen atoms in total. The van der Waals surface area contributed by atoms with Gasteiger partial charge in [-0.2, -0.15) is 0 Å². The number of fused-ring (bicyclic) bond motifs is 8. The molecule has 2 heterocycles. The van der Waals surface area contributed by atoms with Crippen LogP contribution in [-0.4, -0.2) is 9.13 Å². The van der Waals surface area contributed by atoms with E-state index < -0.39 is 0 Å². The first-order valence-electron chi connectivity index (χ1n) is 24.1. The molecule has 0 fully saturated rings. The highest BCUT2D eigenvalue weighted by Crippen LogP contribution is 2.42. The summed E-state index contributed by atoms with van der Waals surface area (Å²) in [7, 11) is 0. The normalized spacial score (nSPS) is 11.7. The lowest BCUT2D eigenvalue weighted by Crippen LogP contribution is -1.96. The van der Waals surface area contributed by atoms with Crippen molar-refractivity contribution >= 4 is 65.2 Å². The van der Waals surface area contributed by atoms with Gasteiger partial charge in [0.2, 0.25) is 0 Å². The fourth-order valence-electron chi connectivity index (χ4n) is 11.1. The van der Waals surface area contributed by atoms with Gasteiger partial charge in [0.05, 0.1) is 22.1 Å². The van der Waals surface area contributed by atoms with Crippen molar-refractivity contribution < 1.29 is 0 Å². The first kappa shape index (κ1) is 39.9. The van der Waals surface area contributed by atoms with Gasteiger partial charge in [-0.05, 0) is 162 Å². The summed E-state index contributed by atoms with van der Waals surface area (Å²) in [5.41, 5.74) is 19.0. The van der Waals surface area contributed by atoms with Crippen LogP contribution in [0.5, 0.6) is 0 Å². The molecule has 2 heteroatoms. The molecular weight excluding hydrogens is 845 g/mol. The van der Waals surface area contributed by atoms with Gasteiger partial charge in [-0.25, -0.2) is 0 Å². The minimum atomic E-state index is 1.13. The maximum atomic E-state index is 2.47. The summed E-state index contributed by atoms with van der Waals surface area (Å²) in [6.45, 7) is 0. The van der Waals surface area contributed by atoms with Crippen molar-refractivity contribution in [1.82, 2.24) is 9.13 Å². The number of nitrogens with zero attached hydrogens (tertiary/aromatic N) is 2. The van der Waals surface area contributed by atoms with Crippen LogP contribution in [0.2, 0.25) is 0 Å². The Bertz CT molecular complexity index is 4260. The van der Waals surface area contributed by atoms with E-state index in [2.05, 4.69) is 276 Å². The lowest BCUT2D eigenvalue weighted by molar-refractivity contribution is 1.18. The molecule has 70 heavy (non-hydrogen) atoms. The molecule has 14 aromatic rings. The molecule has 0 aliphatic heterocycles. The molecule has 14 rings (SSSR count). The Hall–Kier alpha value is -9.24. The van der Waals surface area contributed by atoms with Crippen LogP contribution in [0.1, 0.15) is 0 Å². The van der Waals surface area contributed by atoms with E-state index >= 15 is 0 Å². The molecule has 0 unspecified atom stereocenters. The zero-order valence-electron chi connectivity index (χ0n) is 38.3. The zero-order valence-corrected chi connectivity index (χ0v) is 38.3. The summed E-state index contributed by atoms with van der Waals surface area (Å²) >= 11 is 0. The van der Waals surface area contributed by atoms with Gasteiger partial charge in [0.1, 0.15) is 0 Å². The summed E-state index contributed by atoms with van der Waals surface area (Å²) < 4.78 is 4.84. The van der Waals surface area contributed by atoms with Gasteiger partial charge in [-0.1, -0.05) is 182 Å². The van der Waals surface area contributed by atoms with Crippen LogP contribution in [0.15, 0.2) is 267 Å². The van der Waals surface area contributed by atoms with E-state index in [0.29, 0.717) is 0 Å². The van der Waals surface area contributed by atoms with Crippen LogP contribution in [0.4, 0.5) is 0 Å². The van der Waals surface area contributed by atoms with Crippen molar-refractivity contribution in [3.05, 3.63) is 267 Å². The molecule has 0 bridgehead atoms. The van der Waals surface area contributed by atoms with Gasteiger partial charge in [-0.3, -0.25) is 0 Å². The van der Waals surface area contributed by atoms with E-state index in [-0.39, 0.29) is 0 Å². The Morgan fingerprint density at radius 3 is 1.20 bits per heavy atom. The van der Waals surface area contributed by atoms with E-state index in [0.717, 1.165) is 5.69 Å². The average molecular weight is 889 g/mol. The van der Waals surface area contributed by atoms with E-state index in [1.807, 2.05) is 0 Å². The molecule has 326 valence electrons. The highest BCUT2D eigenvalue weighted by Gasteiger charge is 2.18. The first-order chi connectivity index (χ1) is 34.7. The first-order valence-corrected chi connectivity index (χ1v) is 24.1. The maximum absolute atomic E-state index is 2.47. The average Bonchev–Trinajstić information content (AvgIpc) is 3.95. The minimum absolute atomic E-state index is 1.13. The number of para-hydroxylation sites is 3. The van der Waals surface area contributed by atoms with Gasteiger partial charge >= 0.3 is 0 Å². The third kappa shape index (κ3) is 6.64. The monoisotopic (exact) mass is 888 g/mol. The van der Waals surface area contributed by atoms with Crippen LogP contribution in [0.3, 0.4) is 0 Å². The largest absolute Gasteiger partial charge is 0.309 e. The molecule has 0 radical (unpaired) electrons. The molecular formula is C68H44N2. The predicted octanol–water partition coefficient (Wildman–Crippen LogP) is 18.5. The summed E-state index contributed by atoms with van der Waals surface area (Å²) in [5, 5.41) is 9.91. The fraction of sp³-hybridized carbons (Fsp3) is 0. The standard InChI is InChI=1S/C68H44N2/c1-2-21-57(22-3-1)69-65-27-12-10-25-61(65)63-43-52(33-35-67(63)69)49-19-14-20-53(39-49)59-23-8-9-24-60(59)54-34-36-68-64(44-54)62-26-11-13-28-66(62)70(68)58-41-55(50-31-29-45-15-4-6-17-47(45)37-50)40-56(42-58)51-32-30-46-16-5-7-18-48(46)38-51/h1-44H. The van der Waals surface area contributed by atoms with Gasteiger partial charge in [0, 0.05) is 32.9 Å². The topological polar surface area (TPSA) is 9.86 Å². The Morgan fingerprint density at radius 2 is 0.586 bits per heavy atom. The molecule has 0 amide bonds. The molecule has 12 aromatic carbocycles. The number of hydrogen-bond acceptors (Lipinski definition) is 0. The van der Waals surface area contributed by atoms with Crippen molar-refractivity contribution in [2.24, 2.45) is 0 Å². The Kier molecular flexibility index (Phi) is 9.25. The van der Waals surface area contributed by atoms with Crippen molar-refractivity contribution in [2.45, 2.75) is 0 Å².